The highest BCUT2D eigenvalue weighted by molar-refractivity contribution is 5.70. The van der Waals surface area contributed by atoms with Gasteiger partial charge in [-0.1, -0.05) is 6.07 Å². The van der Waals surface area contributed by atoms with Crippen molar-refractivity contribution in [3.05, 3.63) is 47.3 Å². The lowest BCUT2D eigenvalue weighted by atomic mass is 9.91. The molecule has 1 aliphatic heterocycles. The van der Waals surface area contributed by atoms with Crippen molar-refractivity contribution in [1.29, 1.82) is 0 Å². The number of fused-ring (bicyclic) bond motifs is 1. The maximum absolute atomic E-state index is 13.6. The van der Waals surface area contributed by atoms with Gasteiger partial charge >= 0.3 is 0 Å². The van der Waals surface area contributed by atoms with Gasteiger partial charge in [-0.2, -0.15) is 0 Å². The van der Waals surface area contributed by atoms with Crippen LogP contribution in [0.5, 0.6) is 11.5 Å². The van der Waals surface area contributed by atoms with Crippen LogP contribution >= 0.6 is 0 Å². The number of phenolic OH excluding ortho intramolecular Hbond substituents is 1. The summed E-state index contributed by atoms with van der Waals surface area (Å²) in [6.07, 6.45) is 1.66. The molecule has 0 saturated heterocycles. The molecule has 0 bridgehead atoms. The smallest absolute Gasteiger partial charge is 0.127 e. The van der Waals surface area contributed by atoms with Crippen molar-refractivity contribution in [3.8, 4) is 22.6 Å². The average Bonchev–Trinajstić information content (AvgIpc) is 2.35. The van der Waals surface area contributed by atoms with Crippen LogP contribution in [0.1, 0.15) is 31.4 Å². The van der Waals surface area contributed by atoms with Gasteiger partial charge in [0.15, 0.2) is 0 Å². The molecule has 0 fully saturated rings. The third-order valence-corrected chi connectivity index (χ3v) is 3.92. The summed E-state index contributed by atoms with van der Waals surface area (Å²) in [6, 6.07) is 8.45. The summed E-state index contributed by atoms with van der Waals surface area (Å²) in [4.78, 5) is 0. The third kappa shape index (κ3) is 2.73. The zero-order valence-corrected chi connectivity index (χ0v) is 12.5. The number of rotatable bonds is 1. The van der Waals surface area contributed by atoms with Gasteiger partial charge in [0.1, 0.15) is 22.9 Å². The van der Waals surface area contributed by atoms with Gasteiger partial charge in [0.2, 0.25) is 0 Å². The molecule has 0 aromatic heterocycles. The second kappa shape index (κ2) is 4.76. The van der Waals surface area contributed by atoms with Crippen molar-refractivity contribution in [2.24, 2.45) is 0 Å². The molecule has 1 N–H and O–H groups in total. The monoisotopic (exact) mass is 286 g/mol. The average molecular weight is 286 g/mol. The van der Waals surface area contributed by atoms with E-state index in [9.17, 15) is 9.50 Å². The lowest BCUT2D eigenvalue weighted by Crippen LogP contribution is -2.32. The number of aryl methyl sites for hydroxylation is 1. The van der Waals surface area contributed by atoms with Crippen LogP contribution in [0.4, 0.5) is 4.39 Å². The molecular weight excluding hydrogens is 267 g/mol. The number of aromatic hydroxyl groups is 1. The van der Waals surface area contributed by atoms with Gasteiger partial charge in [-0.3, -0.25) is 0 Å². The Bertz CT molecular complexity index is 684. The molecule has 3 rings (SSSR count). The summed E-state index contributed by atoms with van der Waals surface area (Å²) in [5, 5.41) is 10.2. The minimum Gasteiger partial charge on any atom is -0.508 e. The lowest BCUT2D eigenvalue weighted by molar-refractivity contribution is 0.0838. The molecular formula is C18H19FO2. The van der Waals surface area contributed by atoms with Crippen molar-refractivity contribution >= 4 is 0 Å². The zero-order chi connectivity index (χ0) is 15.2. The van der Waals surface area contributed by atoms with E-state index in [4.69, 9.17) is 4.74 Å². The second-order valence-corrected chi connectivity index (χ2v) is 6.35. The van der Waals surface area contributed by atoms with Gasteiger partial charge in [0, 0.05) is 5.56 Å². The number of ether oxygens (including phenoxy) is 1. The van der Waals surface area contributed by atoms with Gasteiger partial charge in [-0.05, 0) is 74.6 Å². The van der Waals surface area contributed by atoms with Crippen LogP contribution in [-0.2, 0) is 6.42 Å². The van der Waals surface area contributed by atoms with E-state index < -0.39 is 0 Å². The van der Waals surface area contributed by atoms with E-state index >= 15 is 0 Å². The van der Waals surface area contributed by atoms with Crippen molar-refractivity contribution in [1.82, 2.24) is 0 Å². The minimum atomic E-state index is -0.275. The van der Waals surface area contributed by atoms with Crippen LogP contribution < -0.4 is 4.74 Å². The van der Waals surface area contributed by atoms with E-state index in [2.05, 4.69) is 0 Å². The maximum atomic E-state index is 13.6. The van der Waals surface area contributed by atoms with E-state index in [1.165, 1.54) is 12.1 Å². The topological polar surface area (TPSA) is 29.5 Å². The van der Waals surface area contributed by atoms with Gasteiger partial charge in [0.25, 0.3) is 0 Å². The molecule has 0 atom stereocenters. The molecule has 0 unspecified atom stereocenters. The first-order valence-electron chi connectivity index (χ1n) is 7.16. The van der Waals surface area contributed by atoms with E-state index in [0.29, 0.717) is 5.75 Å². The molecule has 2 aromatic rings. The van der Waals surface area contributed by atoms with E-state index in [0.717, 1.165) is 35.1 Å². The molecule has 2 nitrogen and oxygen atoms in total. The predicted octanol–water partition coefficient (Wildman–Crippen LogP) is 4.61. The molecule has 21 heavy (non-hydrogen) atoms. The number of phenols is 1. The Hall–Kier alpha value is -2.03. The molecule has 0 radical (unpaired) electrons. The fraction of sp³-hybridized carbons (Fsp3) is 0.333. The number of benzene rings is 2. The molecule has 2 aromatic carbocycles. The molecule has 1 aliphatic rings. The first-order valence-corrected chi connectivity index (χ1v) is 7.16. The van der Waals surface area contributed by atoms with Crippen LogP contribution in [0.3, 0.4) is 0 Å². The third-order valence-electron chi connectivity index (χ3n) is 3.92. The Kier molecular flexibility index (Phi) is 3.16. The fourth-order valence-corrected chi connectivity index (χ4v) is 2.82. The summed E-state index contributed by atoms with van der Waals surface area (Å²) < 4.78 is 19.6. The molecule has 0 saturated carbocycles. The molecule has 0 spiro atoms. The number of hydrogen-bond acceptors (Lipinski definition) is 2. The predicted molar refractivity (Wildman–Crippen MR) is 81.3 cm³/mol. The fourth-order valence-electron chi connectivity index (χ4n) is 2.82. The molecule has 1 heterocycles. The highest BCUT2D eigenvalue weighted by Crippen LogP contribution is 2.41. The van der Waals surface area contributed by atoms with Gasteiger partial charge in [0.05, 0.1) is 0 Å². The second-order valence-electron chi connectivity index (χ2n) is 6.35. The van der Waals surface area contributed by atoms with Crippen molar-refractivity contribution < 1.29 is 14.2 Å². The summed E-state index contributed by atoms with van der Waals surface area (Å²) in [6.45, 7) is 5.92. The van der Waals surface area contributed by atoms with Gasteiger partial charge in [-0.25, -0.2) is 4.39 Å². The zero-order valence-electron chi connectivity index (χ0n) is 12.5. The Labute approximate surface area is 124 Å². The number of halogens is 1. The summed E-state index contributed by atoms with van der Waals surface area (Å²) in [5.74, 6) is 0.645. The van der Waals surface area contributed by atoms with Gasteiger partial charge < -0.3 is 9.84 Å². The Morgan fingerprint density at radius 3 is 2.52 bits per heavy atom. The highest BCUT2D eigenvalue weighted by Gasteiger charge is 2.28. The first-order chi connectivity index (χ1) is 9.84. The van der Waals surface area contributed by atoms with Crippen molar-refractivity contribution in [3.63, 3.8) is 0 Å². The van der Waals surface area contributed by atoms with Crippen LogP contribution in [0.2, 0.25) is 0 Å². The van der Waals surface area contributed by atoms with Crippen LogP contribution in [0, 0.1) is 12.7 Å². The SMILES string of the molecule is Cc1cc(F)cc(-c2cc(O)c3c(c2)OC(C)(C)CC3)c1. The normalized spacial score (nSPS) is 16.2. The van der Waals surface area contributed by atoms with Crippen LogP contribution in [-0.4, -0.2) is 10.7 Å². The number of hydrogen-bond donors (Lipinski definition) is 1. The lowest BCUT2D eigenvalue weighted by Gasteiger charge is -2.33. The molecule has 0 amide bonds. The van der Waals surface area contributed by atoms with Gasteiger partial charge in [-0.15, -0.1) is 0 Å². The Morgan fingerprint density at radius 1 is 1.10 bits per heavy atom. The summed E-state index contributed by atoms with van der Waals surface area (Å²) >= 11 is 0. The highest BCUT2D eigenvalue weighted by atomic mass is 19.1. The van der Waals surface area contributed by atoms with Crippen molar-refractivity contribution in [2.75, 3.05) is 0 Å². The minimum absolute atomic E-state index is 0.222. The van der Waals surface area contributed by atoms with Crippen LogP contribution in [0.15, 0.2) is 30.3 Å². The molecule has 0 aliphatic carbocycles. The summed E-state index contributed by atoms with van der Waals surface area (Å²) in [7, 11) is 0. The van der Waals surface area contributed by atoms with Crippen LogP contribution in [0.25, 0.3) is 11.1 Å². The Morgan fingerprint density at radius 2 is 1.81 bits per heavy atom. The van der Waals surface area contributed by atoms with E-state index in [1.807, 2.05) is 32.9 Å². The largest absolute Gasteiger partial charge is 0.508 e. The molecule has 110 valence electrons. The van der Waals surface area contributed by atoms with E-state index in [1.54, 1.807) is 6.07 Å². The standard InChI is InChI=1S/C18H19FO2/c1-11-6-12(8-14(19)7-11)13-9-16(20)15-4-5-18(2,3)21-17(15)10-13/h6-10,20H,4-5H2,1-3H3. The first kappa shape index (κ1) is 13.9. The molecule has 3 heteroatoms. The Balaban J connectivity index is 2.11. The quantitative estimate of drug-likeness (QED) is 0.829. The summed E-state index contributed by atoms with van der Waals surface area (Å²) in [5.41, 5.74) is 2.97. The maximum Gasteiger partial charge on any atom is 0.127 e. The van der Waals surface area contributed by atoms with E-state index in [-0.39, 0.29) is 17.2 Å². The van der Waals surface area contributed by atoms with Crippen molar-refractivity contribution in [2.45, 2.75) is 39.2 Å².